The standard InChI is InChI=1S/C20H27N7O3/c1-25-16-7-9-21-26(16)10-8-15(20(25)29)18-23-17(19(28)22-13-5-6-13)24-27(18)12-14-4-2-3-11-30-14/h7,9,13-15H,2-6,8,10-12H2,1H3,(H,22,28)/t14?,15-/m0/s1. The number of fused-ring (bicyclic) bond motifs is 1. The Morgan fingerprint density at radius 3 is 2.90 bits per heavy atom. The number of anilines is 1. The zero-order valence-electron chi connectivity index (χ0n) is 17.2. The molecular weight excluding hydrogens is 386 g/mol. The lowest BCUT2D eigenvalue weighted by Gasteiger charge is -2.24. The summed E-state index contributed by atoms with van der Waals surface area (Å²) in [7, 11) is 1.75. The summed E-state index contributed by atoms with van der Waals surface area (Å²) in [5.74, 6) is 0.593. The van der Waals surface area contributed by atoms with E-state index in [4.69, 9.17) is 4.74 Å². The van der Waals surface area contributed by atoms with E-state index in [9.17, 15) is 9.59 Å². The van der Waals surface area contributed by atoms with Gasteiger partial charge in [-0.3, -0.25) is 14.5 Å². The van der Waals surface area contributed by atoms with Crippen LogP contribution in [0.1, 0.15) is 60.9 Å². The summed E-state index contributed by atoms with van der Waals surface area (Å²) >= 11 is 0. The SMILES string of the molecule is CN1C(=O)[C@H](c2nc(C(=O)NC3CC3)nn2CC2CCCCO2)CCn2nccc21. The average molecular weight is 413 g/mol. The molecule has 0 spiro atoms. The maximum Gasteiger partial charge on any atom is 0.291 e. The summed E-state index contributed by atoms with van der Waals surface area (Å²) in [6.07, 6.45) is 7.36. The average Bonchev–Trinajstić information content (AvgIpc) is 3.31. The summed E-state index contributed by atoms with van der Waals surface area (Å²) in [5, 5.41) is 11.8. The Balaban J connectivity index is 1.45. The third-order valence-electron chi connectivity index (χ3n) is 6.07. The number of aryl methyl sites for hydroxylation is 1. The molecule has 3 aliphatic rings. The van der Waals surface area contributed by atoms with Crippen LogP contribution in [0.15, 0.2) is 12.3 Å². The van der Waals surface area contributed by atoms with Gasteiger partial charge in [-0.1, -0.05) is 0 Å². The van der Waals surface area contributed by atoms with Crippen LogP contribution in [-0.4, -0.2) is 62.2 Å². The van der Waals surface area contributed by atoms with Crippen molar-refractivity contribution >= 4 is 17.6 Å². The molecule has 1 saturated heterocycles. The Kier molecular flexibility index (Phi) is 5.01. The van der Waals surface area contributed by atoms with Crippen LogP contribution in [0, 0.1) is 0 Å². The summed E-state index contributed by atoms with van der Waals surface area (Å²) in [4.78, 5) is 32.1. The number of hydrogen-bond acceptors (Lipinski definition) is 6. The predicted octanol–water partition coefficient (Wildman–Crippen LogP) is 1.09. The molecule has 160 valence electrons. The molecule has 4 heterocycles. The smallest absolute Gasteiger partial charge is 0.291 e. The Morgan fingerprint density at radius 2 is 2.13 bits per heavy atom. The normalized spacial score (nSPS) is 24.4. The number of rotatable bonds is 5. The summed E-state index contributed by atoms with van der Waals surface area (Å²) < 4.78 is 9.43. The largest absolute Gasteiger partial charge is 0.376 e. The molecule has 2 atom stereocenters. The molecule has 2 amide bonds. The lowest BCUT2D eigenvalue weighted by molar-refractivity contribution is -0.120. The van der Waals surface area contributed by atoms with Crippen molar-refractivity contribution in [3.8, 4) is 0 Å². The van der Waals surface area contributed by atoms with E-state index in [1.54, 1.807) is 22.8 Å². The van der Waals surface area contributed by atoms with Crippen molar-refractivity contribution in [2.75, 3.05) is 18.6 Å². The fraction of sp³-hybridized carbons (Fsp3) is 0.650. The second kappa shape index (κ2) is 7.82. The van der Waals surface area contributed by atoms with Gasteiger partial charge in [-0.05, 0) is 38.5 Å². The number of nitrogens with one attached hydrogen (secondary N) is 1. The van der Waals surface area contributed by atoms with Crippen LogP contribution in [-0.2, 0) is 22.6 Å². The minimum absolute atomic E-state index is 0.0209. The molecule has 2 fully saturated rings. The summed E-state index contributed by atoms with van der Waals surface area (Å²) in [5.41, 5.74) is 0. The van der Waals surface area contributed by atoms with Gasteiger partial charge in [-0.2, -0.15) is 5.10 Å². The first-order valence-corrected chi connectivity index (χ1v) is 10.8. The number of carbonyl (C=O) groups is 2. The van der Waals surface area contributed by atoms with Crippen LogP contribution in [0.2, 0.25) is 0 Å². The molecule has 1 saturated carbocycles. The van der Waals surface area contributed by atoms with Crippen molar-refractivity contribution in [1.82, 2.24) is 29.9 Å². The first-order valence-electron chi connectivity index (χ1n) is 10.8. The van der Waals surface area contributed by atoms with Crippen molar-refractivity contribution in [3.63, 3.8) is 0 Å². The molecule has 0 bridgehead atoms. The lowest BCUT2D eigenvalue weighted by Crippen LogP contribution is -2.33. The molecule has 0 radical (unpaired) electrons. The van der Waals surface area contributed by atoms with Crippen molar-refractivity contribution in [3.05, 3.63) is 23.9 Å². The van der Waals surface area contributed by atoms with E-state index in [1.165, 1.54) is 0 Å². The number of hydrogen-bond donors (Lipinski definition) is 1. The van der Waals surface area contributed by atoms with E-state index in [0.29, 0.717) is 25.3 Å². The number of ether oxygens (including phenoxy) is 1. The van der Waals surface area contributed by atoms with E-state index in [2.05, 4.69) is 20.5 Å². The molecule has 2 aromatic heterocycles. The van der Waals surface area contributed by atoms with Crippen LogP contribution in [0.3, 0.4) is 0 Å². The molecule has 1 aliphatic carbocycles. The van der Waals surface area contributed by atoms with Gasteiger partial charge in [0.25, 0.3) is 5.91 Å². The fourth-order valence-corrected chi connectivity index (χ4v) is 4.21. The van der Waals surface area contributed by atoms with Gasteiger partial charge in [0.2, 0.25) is 11.7 Å². The Morgan fingerprint density at radius 1 is 1.27 bits per heavy atom. The topological polar surface area (TPSA) is 107 Å². The van der Waals surface area contributed by atoms with Crippen LogP contribution >= 0.6 is 0 Å². The van der Waals surface area contributed by atoms with Gasteiger partial charge < -0.3 is 10.1 Å². The number of carbonyl (C=O) groups excluding carboxylic acids is 2. The Bertz CT molecular complexity index is 942. The van der Waals surface area contributed by atoms with Gasteiger partial charge in [0.05, 0.1) is 24.8 Å². The zero-order chi connectivity index (χ0) is 20.7. The highest BCUT2D eigenvalue weighted by Gasteiger charge is 2.35. The van der Waals surface area contributed by atoms with E-state index >= 15 is 0 Å². The Hall–Kier alpha value is -2.75. The molecule has 5 rings (SSSR count). The fourth-order valence-electron chi connectivity index (χ4n) is 4.21. The van der Waals surface area contributed by atoms with Gasteiger partial charge in [-0.25, -0.2) is 14.3 Å². The molecule has 10 heteroatoms. The zero-order valence-corrected chi connectivity index (χ0v) is 17.2. The first-order chi connectivity index (χ1) is 14.6. The van der Waals surface area contributed by atoms with Crippen LogP contribution < -0.4 is 10.2 Å². The van der Waals surface area contributed by atoms with Gasteiger partial charge in [0, 0.05) is 32.3 Å². The summed E-state index contributed by atoms with van der Waals surface area (Å²) in [6.45, 7) is 1.83. The number of likely N-dealkylation sites (N-methyl/N-ethyl adjacent to an activating group) is 1. The molecule has 30 heavy (non-hydrogen) atoms. The molecular formula is C20H27N7O3. The predicted molar refractivity (Wildman–Crippen MR) is 107 cm³/mol. The van der Waals surface area contributed by atoms with E-state index in [1.807, 2.05) is 10.7 Å². The second-order valence-corrected chi connectivity index (χ2v) is 8.36. The van der Waals surface area contributed by atoms with Crippen LogP contribution in [0.25, 0.3) is 0 Å². The van der Waals surface area contributed by atoms with Crippen LogP contribution in [0.4, 0.5) is 5.82 Å². The quantitative estimate of drug-likeness (QED) is 0.786. The monoisotopic (exact) mass is 413 g/mol. The van der Waals surface area contributed by atoms with Gasteiger partial charge in [0.1, 0.15) is 11.6 Å². The second-order valence-electron chi connectivity index (χ2n) is 8.36. The molecule has 1 unspecified atom stereocenters. The third-order valence-corrected chi connectivity index (χ3v) is 6.07. The highest BCUT2D eigenvalue weighted by atomic mass is 16.5. The Labute approximate surface area is 174 Å². The molecule has 1 N–H and O–H groups in total. The third kappa shape index (κ3) is 3.71. The highest BCUT2D eigenvalue weighted by molar-refractivity contribution is 5.97. The van der Waals surface area contributed by atoms with Gasteiger partial charge >= 0.3 is 0 Å². The van der Waals surface area contributed by atoms with Crippen LogP contribution in [0.5, 0.6) is 0 Å². The number of nitrogens with zero attached hydrogens (tertiary/aromatic N) is 6. The van der Waals surface area contributed by atoms with E-state index in [0.717, 1.165) is 44.5 Å². The number of amides is 2. The minimum Gasteiger partial charge on any atom is -0.376 e. The maximum atomic E-state index is 13.3. The molecule has 2 aliphatic heterocycles. The summed E-state index contributed by atoms with van der Waals surface area (Å²) in [6, 6.07) is 2.05. The molecule has 2 aromatic rings. The lowest BCUT2D eigenvalue weighted by atomic mass is 10.0. The van der Waals surface area contributed by atoms with Crippen molar-refractivity contribution in [2.24, 2.45) is 0 Å². The molecule has 10 nitrogen and oxygen atoms in total. The molecule has 0 aromatic carbocycles. The maximum absolute atomic E-state index is 13.3. The van der Waals surface area contributed by atoms with Gasteiger partial charge in [-0.15, -0.1) is 5.10 Å². The first kappa shape index (κ1) is 19.2. The van der Waals surface area contributed by atoms with Crippen molar-refractivity contribution in [1.29, 1.82) is 0 Å². The van der Waals surface area contributed by atoms with E-state index in [-0.39, 0.29) is 29.8 Å². The van der Waals surface area contributed by atoms with Gasteiger partial charge in [0.15, 0.2) is 0 Å². The number of aromatic nitrogens is 5. The highest BCUT2D eigenvalue weighted by Crippen LogP contribution is 2.29. The van der Waals surface area contributed by atoms with E-state index < -0.39 is 5.92 Å². The van der Waals surface area contributed by atoms with Crippen molar-refractivity contribution < 1.29 is 14.3 Å². The minimum atomic E-state index is -0.490. The van der Waals surface area contributed by atoms with Crippen molar-refractivity contribution in [2.45, 2.75) is 69.7 Å².